The van der Waals surface area contributed by atoms with Crippen LogP contribution in [0.4, 0.5) is 0 Å². The molecule has 7 nitrogen and oxygen atoms in total. The SMILES string of the molecule is COc1ccc(/C=N\NC(=O)C2CCN(C(=O)c3ccccc3)CC2)c(OC)c1. The fourth-order valence-electron chi connectivity index (χ4n) is 3.29. The molecule has 0 aliphatic carbocycles. The predicted molar refractivity (Wildman–Crippen MR) is 110 cm³/mol. The van der Waals surface area contributed by atoms with E-state index in [2.05, 4.69) is 10.5 Å². The molecule has 0 bridgehead atoms. The number of likely N-dealkylation sites (tertiary alicyclic amines) is 1. The number of benzene rings is 2. The van der Waals surface area contributed by atoms with Gasteiger partial charge >= 0.3 is 0 Å². The summed E-state index contributed by atoms with van der Waals surface area (Å²) in [6, 6.07) is 14.6. The van der Waals surface area contributed by atoms with Crippen LogP contribution in [0.2, 0.25) is 0 Å². The molecule has 1 aliphatic rings. The van der Waals surface area contributed by atoms with Gasteiger partial charge in [-0.2, -0.15) is 5.10 Å². The van der Waals surface area contributed by atoms with Gasteiger partial charge in [-0.1, -0.05) is 18.2 Å². The first kappa shape index (κ1) is 20.4. The van der Waals surface area contributed by atoms with Crippen molar-refractivity contribution >= 4 is 18.0 Å². The van der Waals surface area contributed by atoms with E-state index in [9.17, 15) is 9.59 Å². The molecule has 3 rings (SSSR count). The van der Waals surface area contributed by atoms with E-state index in [-0.39, 0.29) is 17.7 Å². The maximum atomic E-state index is 12.5. The molecule has 29 heavy (non-hydrogen) atoms. The molecule has 1 saturated heterocycles. The second kappa shape index (κ2) is 9.73. The number of methoxy groups -OCH3 is 2. The fraction of sp³-hybridized carbons (Fsp3) is 0.318. The van der Waals surface area contributed by atoms with Crippen molar-refractivity contribution in [1.29, 1.82) is 0 Å². The van der Waals surface area contributed by atoms with Crippen molar-refractivity contribution in [2.75, 3.05) is 27.3 Å². The van der Waals surface area contributed by atoms with Crippen molar-refractivity contribution in [1.82, 2.24) is 10.3 Å². The number of hydrogen-bond acceptors (Lipinski definition) is 5. The highest BCUT2D eigenvalue weighted by atomic mass is 16.5. The van der Waals surface area contributed by atoms with E-state index in [1.165, 1.54) is 0 Å². The Labute approximate surface area is 170 Å². The topological polar surface area (TPSA) is 80.2 Å². The zero-order chi connectivity index (χ0) is 20.6. The highest BCUT2D eigenvalue weighted by molar-refractivity contribution is 5.94. The van der Waals surface area contributed by atoms with Gasteiger partial charge in [-0.25, -0.2) is 5.43 Å². The second-order valence-electron chi connectivity index (χ2n) is 6.77. The Morgan fingerprint density at radius 1 is 1.07 bits per heavy atom. The van der Waals surface area contributed by atoms with Crippen LogP contribution in [0.15, 0.2) is 53.6 Å². The third-order valence-electron chi connectivity index (χ3n) is 4.99. The molecule has 0 unspecified atom stereocenters. The maximum Gasteiger partial charge on any atom is 0.253 e. The highest BCUT2D eigenvalue weighted by Gasteiger charge is 2.27. The number of carbonyl (C=O) groups excluding carboxylic acids is 2. The third-order valence-corrected chi connectivity index (χ3v) is 4.99. The summed E-state index contributed by atoms with van der Waals surface area (Å²) in [5.74, 6) is 0.995. The molecular weight excluding hydrogens is 370 g/mol. The molecule has 1 aliphatic heterocycles. The summed E-state index contributed by atoms with van der Waals surface area (Å²) in [5, 5.41) is 4.06. The molecule has 0 saturated carbocycles. The van der Waals surface area contributed by atoms with E-state index in [0.717, 1.165) is 5.56 Å². The summed E-state index contributed by atoms with van der Waals surface area (Å²) in [6.07, 6.45) is 2.78. The number of ether oxygens (including phenoxy) is 2. The van der Waals surface area contributed by atoms with Gasteiger partial charge in [-0.3, -0.25) is 9.59 Å². The van der Waals surface area contributed by atoms with Crippen LogP contribution in [-0.2, 0) is 4.79 Å². The Bertz CT molecular complexity index is 875. The number of hydrogen-bond donors (Lipinski definition) is 1. The average Bonchev–Trinajstić information content (AvgIpc) is 2.79. The molecule has 1 heterocycles. The lowest BCUT2D eigenvalue weighted by Gasteiger charge is -2.31. The lowest BCUT2D eigenvalue weighted by Crippen LogP contribution is -2.42. The normalized spacial score (nSPS) is 14.6. The minimum Gasteiger partial charge on any atom is -0.497 e. The van der Waals surface area contributed by atoms with Gasteiger partial charge < -0.3 is 14.4 Å². The first-order valence-electron chi connectivity index (χ1n) is 9.51. The predicted octanol–water partition coefficient (Wildman–Crippen LogP) is 2.71. The van der Waals surface area contributed by atoms with Crippen LogP contribution in [0, 0.1) is 5.92 Å². The number of nitrogens with zero attached hydrogens (tertiary/aromatic N) is 2. The first-order chi connectivity index (χ1) is 14.1. The lowest BCUT2D eigenvalue weighted by molar-refractivity contribution is -0.126. The number of piperidine rings is 1. The number of amides is 2. The van der Waals surface area contributed by atoms with Gasteiger partial charge in [0.1, 0.15) is 11.5 Å². The Hall–Kier alpha value is -3.35. The standard InChI is InChI=1S/C22H25N3O4/c1-28-19-9-8-18(20(14-19)29-2)15-23-24-21(26)16-10-12-25(13-11-16)22(27)17-6-4-3-5-7-17/h3-9,14-16H,10-13H2,1-2H3,(H,24,26)/b23-15-. The van der Waals surface area contributed by atoms with E-state index in [0.29, 0.717) is 43.0 Å². The van der Waals surface area contributed by atoms with Crippen LogP contribution in [-0.4, -0.2) is 50.2 Å². The van der Waals surface area contributed by atoms with Gasteiger partial charge in [-0.15, -0.1) is 0 Å². The number of nitrogens with one attached hydrogen (secondary N) is 1. The quantitative estimate of drug-likeness (QED) is 0.602. The molecule has 2 aromatic carbocycles. The van der Waals surface area contributed by atoms with Crippen LogP contribution < -0.4 is 14.9 Å². The summed E-state index contributed by atoms with van der Waals surface area (Å²) in [4.78, 5) is 26.7. The van der Waals surface area contributed by atoms with Crippen molar-refractivity contribution < 1.29 is 19.1 Å². The fourth-order valence-corrected chi connectivity index (χ4v) is 3.29. The van der Waals surface area contributed by atoms with Gasteiger partial charge in [0, 0.05) is 36.2 Å². The zero-order valence-electron chi connectivity index (χ0n) is 16.6. The van der Waals surface area contributed by atoms with Crippen molar-refractivity contribution in [3.8, 4) is 11.5 Å². The Morgan fingerprint density at radius 3 is 2.45 bits per heavy atom. The Kier molecular flexibility index (Phi) is 6.84. The van der Waals surface area contributed by atoms with Gasteiger partial charge in [0.2, 0.25) is 5.91 Å². The van der Waals surface area contributed by atoms with E-state index in [1.807, 2.05) is 30.3 Å². The Morgan fingerprint density at radius 2 is 1.79 bits per heavy atom. The minimum absolute atomic E-state index is 0.00841. The van der Waals surface area contributed by atoms with Crippen molar-refractivity contribution in [3.63, 3.8) is 0 Å². The molecular formula is C22H25N3O4. The van der Waals surface area contributed by atoms with Crippen LogP contribution >= 0.6 is 0 Å². The summed E-state index contributed by atoms with van der Waals surface area (Å²) in [5.41, 5.74) is 4.00. The number of rotatable bonds is 6. The van der Waals surface area contributed by atoms with Crippen LogP contribution in [0.5, 0.6) is 11.5 Å². The third kappa shape index (κ3) is 5.13. The van der Waals surface area contributed by atoms with Gasteiger partial charge in [0.15, 0.2) is 0 Å². The van der Waals surface area contributed by atoms with Crippen LogP contribution in [0.3, 0.4) is 0 Å². The van der Waals surface area contributed by atoms with Crippen molar-refractivity contribution in [2.45, 2.75) is 12.8 Å². The molecule has 0 atom stereocenters. The molecule has 0 aromatic heterocycles. The molecule has 152 valence electrons. The average molecular weight is 395 g/mol. The monoisotopic (exact) mass is 395 g/mol. The smallest absolute Gasteiger partial charge is 0.253 e. The molecule has 0 spiro atoms. The van der Waals surface area contributed by atoms with E-state index in [1.54, 1.807) is 43.5 Å². The molecule has 1 fully saturated rings. The number of carbonyl (C=O) groups is 2. The van der Waals surface area contributed by atoms with Crippen LogP contribution in [0.25, 0.3) is 0 Å². The first-order valence-corrected chi connectivity index (χ1v) is 9.51. The van der Waals surface area contributed by atoms with Crippen LogP contribution in [0.1, 0.15) is 28.8 Å². The molecule has 2 aromatic rings. The largest absolute Gasteiger partial charge is 0.497 e. The number of hydrazone groups is 1. The summed E-state index contributed by atoms with van der Waals surface area (Å²) < 4.78 is 10.5. The maximum absolute atomic E-state index is 12.5. The van der Waals surface area contributed by atoms with Gasteiger partial charge in [-0.05, 0) is 37.1 Å². The molecule has 2 amide bonds. The molecule has 0 radical (unpaired) electrons. The Balaban J connectivity index is 1.51. The minimum atomic E-state index is -0.162. The summed E-state index contributed by atoms with van der Waals surface area (Å²) in [6.45, 7) is 1.11. The van der Waals surface area contributed by atoms with Gasteiger partial charge in [0.05, 0.1) is 20.4 Å². The van der Waals surface area contributed by atoms with Gasteiger partial charge in [0.25, 0.3) is 5.91 Å². The molecule has 1 N–H and O–H groups in total. The van der Waals surface area contributed by atoms with E-state index < -0.39 is 0 Å². The summed E-state index contributed by atoms with van der Waals surface area (Å²) in [7, 11) is 3.15. The lowest BCUT2D eigenvalue weighted by atomic mass is 9.95. The van der Waals surface area contributed by atoms with Crippen molar-refractivity contribution in [2.24, 2.45) is 11.0 Å². The van der Waals surface area contributed by atoms with E-state index >= 15 is 0 Å². The van der Waals surface area contributed by atoms with E-state index in [4.69, 9.17) is 9.47 Å². The second-order valence-corrected chi connectivity index (χ2v) is 6.77. The highest BCUT2D eigenvalue weighted by Crippen LogP contribution is 2.23. The summed E-state index contributed by atoms with van der Waals surface area (Å²) >= 11 is 0. The van der Waals surface area contributed by atoms with Crippen molar-refractivity contribution in [3.05, 3.63) is 59.7 Å². The molecule has 7 heteroatoms. The zero-order valence-corrected chi connectivity index (χ0v) is 16.6.